The summed E-state index contributed by atoms with van der Waals surface area (Å²) in [7, 11) is 0. The highest BCUT2D eigenvalue weighted by atomic mass is 32.1. The summed E-state index contributed by atoms with van der Waals surface area (Å²) in [6.07, 6.45) is 0. The van der Waals surface area contributed by atoms with E-state index in [1.54, 1.807) is 11.3 Å². The van der Waals surface area contributed by atoms with Gasteiger partial charge >= 0.3 is 5.97 Å². The third-order valence-electron chi connectivity index (χ3n) is 2.17. The fraction of sp³-hybridized carbons (Fsp3) is 0.100. The highest BCUT2D eigenvalue weighted by molar-refractivity contribution is 7.18. The van der Waals surface area contributed by atoms with Crippen molar-refractivity contribution < 1.29 is 9.90 Å². The van der Waals surface area contributed by atoms with Crippen LogP contribution < -0.4 is 5.73 Å². The first kappa shape index (κ1) is 10.2. The molecule has 0 saturated carbocycles. The lowest BCUT2D eigenvalue weighted by Crippen LogP contribution is -1.97. The van der Waals surface area contributed by atoms with Crippen LogP contribution in [0.3, 0.4) is 0 Å². The molecule has 0 spiro atoms. The number of anilines is 1. The molecule has 0 atom stereocenters. The third kappa shape index (κ3) is 1.64. The molecule has 0 amide bonds. The van der Waals surface area contributed by atoms with Gasteiger partial charge in [-0.25, -0.2) is 4.79 Å². The SMILES string of the molecule is Cc1c(-c2ccsc2)sc(C(=O)O)c1N. The highest BCUT2D eigenvalue weighted by Crippen LogP contribution is 2.38. The van der Waals surface area contributed by atoms with E-state index in [4.69, 9.17) is 10.8 Å². The number of carbonyl (C=O) groups is 1. The van der Waals surface area contributed by atoms with Gasteiger partial charge in [-0.15, -0.1) is 11.3 Å². The van der Waals surface area contributed by atoms with Gasteiger partial charge in [-0.3, -0.25) is 0 Å². The summed E-state index contributed by atoms with van der Waals surface area (Å²) >= 11 is 2.82. The largest absolute Gasteiger partial charge is 0.477 e. The molecule has 0 aliphatic rings. The Hall–Kier alpha value is -1.33. The summed E-state index contributed by atoms with van der Waals surface area (Å²) in [4.78, 5) is 12.1. The minimum atomic E-state index is -0.956. The maximum atomic E-state index is 10.9. The Bertz CT molecular complexity index is 500. The van der Waals surface area contributed by atoms with Crippen LogP contribution in [0.4, 0.5) is 5.69 Å². The zero-order chi connectivity index (χ0) is 11.0. The van der Waals surface area contributed by atoms with Crippen molar-refractivity contribution in [3.05, 3.63) is 27.3 Å². The Balaban J connectivity index is 2.60. The van der Waals surface area contributed by atoms with E-state index >= 15 is 0 Å². The molecule has 5 heteroatoms. The fourth-order valence-electron chi connectivity index (χ4n) is 1.35. The number of nitrogen functional groups attached to an aromatic ring is 1. The van der Waals surface area contributed by atoms with Gasteiger partial charge in [-0.1, -0.05) is 0 Å². The minimum absolute atomic E-state index is 0.230. The summed E-state index contributed by atoms with van der Waals surface area (Å²) < 4.78 is 0. The molecule has 2 rings (SSSR count). The van der Waals surface area contributed by atoms with Gasteiger partial charge in [0, 0.05) is 10.4 Å². The maximum absolute atomic E-state index is 10.9. The smallest absolute Gasteiger partial charge is 0.348 e. The first-order valence-electron chi connectivity index (χ1n) is 4.26. The van der Waals surface area contributed by atoms with Gasteiger partial charge in [-0.05, 0) is 29.3 Å². The standard InChI is InChI=1S/C10H9NO2S2/c1-5-7(11)9(10(12)13)15-8(5)6-2-3-14-4-6/h2-4H,11H2,1H3,(H,12,13). The molecular weight excluding hydrogens is 230 g/mol. The molecule has 3 nitrogen and oxygen atoms in total. The van der Waals surface area contributed by atoms with E-state index in [2.05, 4.69) is 0 Å². The third-order valence-corrected chi connectivity index (χ3v) is 4.20. The van der Waals surface area contributed by atoms with Crippen LogP contribution in [0, 0.1) is 6.92 Å². The number of rotatable bonds is 2. The van der Waals surface area contributed by atoms with Gasteiger partial charge in [-0.2, -0.15) is 11.3 Å². The quantitative estimate of drug-likeness (QED) is 0.846. The molecule has 0 unspecified atom stereocenters. The van der Waals surface area contributed by atoms with Crippen LogP contribution in [0.15, 0.2) is 16.8 Å². The van der Waals surface area contributed by atoms with Crippen molar-refractivity contribution in [1.29, 1.82) is 0 Å². The summed E-state index contributed by atoms with van der Waals surface area (Å²) in [5.74, 6) is -0.956. The zero-order valence-corrected chi connectivity index (χ0v) is 9.61. The number of hydrogen-bond donors (Lipinski definition) is 2. The molecule has 0 aromatic carbocycles. The predicted molar refractivity (Wildman–Crippen MR) is 63.7 cm³/mol. The Morgan fingerprint density at radius 1 is 1.53 bits per heavy atom. The minimum Gasteiger partial charge on any atom is -0.477 e. The van der Waals surface area contributed by atoms with Crippen LogP contribution in [0.5, 0.6) is 0 Å². The van der Waals surface area contributed by atoms with E-state index in [0.717, 1.165) is 16.0 Å². The summed E-state index contributed by atoms with van der Waals surface area (Å²) in [5, 5.41) is 12.9. The second-order valence-electron chi connectivity index (χ2n) is 3.12. The average Bonchev–Trinajstić information content (AvgIpc) is 2.77. The van der Waals surface area contributed by atoms with Crippen molar-refractivity contribution in [2.45, 2.75) is 6.92 Å². The van der Waals surface area contributed by atoms with Gasteiger partial charge in [0.2, 0.25) is 0 Å². The maximum Gasteiger partial charge on any atom is 0.348 e. The molecule has 0 bridgehead atoms. The van der Waals surface area contributed by atoms with Gasteiger partial charge in [0.15, 0.2) is 0 Å². The molecule has 3 N–H and O–H groups in total. The van der Waals surface area contributed by atoms with Crippen LogP contribution in [0.25, 0.3) is 10.4 Å². The first-order valence-corrected chi connectivity index (χ1v) is 6.02. The van der Waals surface area contributed by atoms with E-state index in [1.807, 2.05) is 23.8 Å². The van der Waals surface area contributed by atoms with Crippen molar-refractivity contribution in [2.75, 3.05) is 5.73 Å². The van der Waals surface area contributed by atoms with Crippen molar-refractivity contribution in [1.82, 2.24) is 0 Å². The topological polar surface area (TPSA) is 63.3 Å². The van der Waals surface area contributed by atoms with Gasteiger partial charge < -0.3 is 10.8 Å². The Morgan fingerprint density at radius 3 is 2.73 bits per heavy atom. The number of carboxylic acid groups (broad SMARTS) is 1. The van der Waals surface area contributed by atoms with E-state index < -0.39 is 5.97 Å². The second-order valence-corrected chi connectivity index (χ2v) is 4.92. The van der Waals surface area contributed by atoms with Gasteiger partial charge in [0.05, 0.1) is 5.69 Å². The number of hydrogen-bond acceptors (Lipinski definition) is 4. The average molecular weight is 239 g/mol. The molecule has 0 saturated heterocycles. The van der Waals surface area contributed by atoms with Crippen molar-refractivity contribution >= 4 is 34.3 Å². The molecule has 2 aromatic rings. The first-order chi connectivity index (χ1) is 7.11. The molecule has 0 radical (unpaired) electrons. The molecule has 15 heavy (non-hydrogen) atoms. The molecule has 0 aliphatic carbocycles. The van der Waals surface area contributed by atoms with Crippen LogP contribution in [-0.2, 0) is 0 Å². The summed E-state index contributed by atoms with van der Waals surface area (Å²) in [6.45, 7) is 1.85. The zero-order valence-electron chi connectivity index (χ0n) is 7.98. The number of carboxylic acids is 1. The van der Waals surface area contributed by atoms with Crippen molar-refractivity contribution in [3.63, 3.8) is 0 Å². The number of thiophene rings is 2. The van der Waals surface area contributed by atoms with Crippen LogP contribution in [0.2, 0.25) is 0 Å². The van der Waals surface area contributed by atoms with E-state index in [9.17, 15) is 4.79 Å². The van der Waals surface area contributed by atoms with Crippen LogP contribution >= 0.6 is 22.7 Å². The van der Waals surface area contributed by atoms with E-state index in [1.165, 1.54) is 11.3 Å². The number of nitrogens with two attached hydrogens (primary N) is 1. The normalized spacial score (nSPS) is 10.5. The van der Waals surface area contributed by atoms with E-state index in [-0.39, 0.29) is 4.88 Å². The fourth-order valence-corrected chi connectivity index (χ4v) is 3.14. The molecule has 0 fully saturated rings. The second kappa shape index (κ2) is 3.67. The molecule has 2 heterocycles. The monoisotopic (exact) mass is 239 g/mol. The number of aromatic carboxylic acids is 1. The van der Waals surface area contributed by atoms with Gasteiger partial charge in [0.25, 0.3) is 0 Å². The summed E-state index contributed by atoms with van der Waals surface area (Å²) in [6, 6.07) is 1.97. The Kier molecular flexibility index (Phi) is 2.50. The van der Waals surface area contributed by atoms with Crippen molar-refractivity contribution in [2.24, 2.45) is 0 Å². The van der Waals surface area contributed by atoms with Crippen LogP contribution in [-0.4, -0.2) is 11.1 Å². The molecule has 2 aromatic heterocycles. The van der Waals surface area contributed by atoms with Crippen LogP contribution in [0.1, 0.15) is 15.2 Å². The molecule has 78 valence electrons. The lowest BCUT2D eigenvalue weighted by atomic mass is 10.1. The lowest BCUT2D eigenvalue weighted by molar-refractivity contribution is 0.0703. The van der Waals surface area contributed by atoms with E-state index in [0.29, 0.717) is 5.69 Å². The van der Waals surface area contributed by atoms with Crippen molar-refractivity contribution in [3.8, 4) is 10.4 Å². The Morgan fingerprint density at radius 2 is 2.27 bits per heavy atom. The predicted octanol–water partition coefficient (Wildman–Crippen LogP) is 3.07. The molecule has 0 aliphatic heterocycles. The molecular formula is C10H9NO2S2. The summed E-state index contributed by atoms with van der Waals surface area (Å²) in [5.41, 5.74) is 8.03. The Labute approximate surface area is 94.8 Å². The van der Waals surface area contributed by atoms with Gasteiger partial charge in [0.1, 0.15) is 4.88 Å². The lowest BCUT2D eigenvalue weighted by Gasteiger charge is -1.94. The highest BCUT2D eigenvalue weighted by Gasteiger charge is 2.18.